The van der Waals surface area contributed by atoms with Crippen LogP contribution in [0, 0.1) is 6.92 Å². The van der Waals surface area contributed by atoms with Crippen LogP contribution in [0.5, 0.6) is 0 Å². The standard InChI is InChI=1S/C15H14N4S/c1-10-7-18-15(19-10)14-6-11(3-4-17-14)12-5-13(20-2)9-16-8-12/h3-9H,1-2H3,(H,18,19). The Bertz CT molecular complexity index is 736. The highest BCUT2D eigenvalue weighted by molar-refractivity contribution is 7.98. The van der Waals surface area contributed by atoms with E-state index in [0.717, 1.165) is 33.2 Å². The van der Waals surface area contributed by atoms with E-state index in [0.29, 0.717) is 0 Å². The van der Waals surface area contributed by atoms with Crippen LogP contribution in [0.2, 0.25) is 0 Å². The number of nitrogens with one attached hydrogen (secondary N) is 1. The summed E-state index contributed by atoms with van der Waals surface area (Å²) in [7, 11) is 0. The molecule has 0 aliphatic heterocycles. The molecule has 4 nitrogen and oxygen atoms in total. The van der Waals surface area contributed by atoms with E-state index < -0.39 is 0 Å². The molecule has 0 aliphatic rings. The van der Waals surface area contributed by atoms with Crippen molar-refractivity contribution in [2.75, 3.05) is 6.26 Å². The van der Waals surface area contributed by atoms with Crippen LogP contribution in [0.25, 0.3) is 22.6 Å². The number of pyridine rings is 2. The highest BCUT2D eigenvalue weighted by Gasteiger charge is 2.06. The smallest absolute Gasteiger partial charge is 0.156 e. The highest BCUT2D eigenvalue weighted by atomic mass is 32.2. The number of aromatic nitrogens is 4. The van der Waals surface area contributed by atoms with E-state index in [-0.39, 0.29) is 0 Å². The molecule has 1 N–H and O–H groups in total. The number of hydrogen-bond donors (Lipinski definition) is 1. The van der Waals surface area contributed by atoms with Gasteiger partial charge in [-0.3, -0.25) is 9.97 Å². The number of rotatable bonds is 3. The molecular formula is C15H14N4S. The first-order valence-electron chi connectivity index (χ1n) is 6.24. The van der Waals surface area contributed by atoms with E-state index in [1.807, 2.05) is 37.7 Å². The molecule has 0 saturated carbocycles. The SMILES string of the molecule is CSc1cncc(-c2ccnc(-c3ncc(C)[nH]3)c2)c1. The second-order valence-electron chi connectivity index (χ2n) is 4.46. The van der Waals surface area contributed by atoms with E-state index in [4.69, 9.17) is 0 Å². The van der Waals surface area contributed by atoms with Crippen molar-refractivity contribution in [3.63, 3.8) is 0 Å². The van der Waals surface area contributed by atoms with Crippen molar-refractivity contribution in [2.24, 2.45) is 0 Å². The molecule has 5 heteroatoms. The molecular weight excluding hydrogens is 268 g/mol. The summed E-state index contributed by atoms with van der Waals surface area (Å²) in [5.74, 6) is 0.790. The monoisotopic (exact) mass is 282 g/mol. The first kappa shape index (κ1) is 12.9. The van der Waals surface area contributed by atoms with Crippen molar-refractivity contribution in [1.82, 2.24) is 19.9 Å². The van der Waals surface area contributed by atoms with Gasteiger partial charge in [-0.2, -0.15) is 0 Å². The quantitative estimate of drug-likeness (QED) is 0.746. The van der Waals surface area contributed by atoms with Gasteiger partial charge in [0, 0.05) is 40.9 Å². The molecule has 0 bridgehead atoms. The minimum atomic E-state index is 0.790. The molecule has 0 fully saturated rings. The molecule has 3 rings (SSSR count). The minimum Gasteiger partial charge on any atom is -0.341 e. The van der Waals surface area contributed by atoms with Crippen molar-refractivity contribution in [2.45, 2.75) is 11.8 Å². The average Bonchev–Trinajstić information content (AvgIpc) is 2.94. The number of thioether (sulfide) groups is 1. The maximum atomic E-state index is 4.37. The first-order valence-corrected chi connectivity index (χ1v) is 7.46. The van der Waals surface area contributed by atoms with Crippen LogP contribution >= 0.6 is 11.8 Å². The van der Waals surface area contributed by atoms with Gasteiger partial charge in [-0.15, -0.1) is 11.8 Å². The second-order valence-corrected chi connectivity index (χ2v) is 5.34. The summed E-state index contributed by atoms with van der Waals surface area (Å²) in [6, 6.07) is 6.14. The summed E-state index contributed by atoms with van der Waals surface area (Å²) in [6.07, 6.45) is 9.39. The van der Waals surface area contributed by atoms with Crippen LogP contribution in [-0.2, 0) is 0 Å². The van der Waals surface area contributed by atoms with Crippen molar-refractivity contribution in [3.8, 4) is 22.6 Å². The van der Waals surface area contributed by atoms with E-state index in [1.54, 1.807) is 24.2 Å². The van der Waals surface area contributed by atoms with Crippen LogP contribution in [0.1, 0.15) is 5.69 Å². The van der Waals surface area contributed by atoms with E-state index in [2.05, 4.69) is 26.0 Å². The summed E-state index contributed by atoms with van der Waals surface area (Å²) in [4.78, 5) is 17.3. The van der Waals surface area contributed by atoms with Gasteiger partial charge < -0.3 is 4.98 Å². The van der Waals surface area contributed by atoms with Crippen molar-refractivity contribution < 1.29 is 0 Å². The molecule has 0 atom stereocenters. The summed E-state index contributed by atoms with van der Waals surface area (Å²) in [5, 5.41) is 0. The van der Waals surface area contributed by atoms with Crippen LogP contribution in [-0.4, -0.2) is 26.2 Å². The van der Waals surface area contributed by atoms with Gasteiger partial charge in [-0.25, -0.2) is 4.98 Å². The minimum absolute atomic E-state index is 0.790. The van der Waals surface area contributed by atoms with Gasteiger partial charge in [-0.05, 0) is 36.9 Å². The highest BCUT2D eigenvalue weighted by Crippen LogP contribution is 2.25. The Balaban J connectivity index is 2.02. The van der Waals surface area contributed by atoms with Gasteiger partial charge >= 0.3 is 0 Å². The Morgan fingerprint density at radius 2 is 1.95 bits per heavy atom. The maximum absolute atomic E-state index is 4.37. The number of imidazole rings is 1. The summed E-state index contributed by atoms with van der Waals surface area (Å²) in [6.45, 7) is 1.98. The second kappa shape index (κ2) is 5.46. The Morgan fingerprint density at radius 3 is 2.70 bits per heavy atom. The molecule has 0 amide bonds. The fourth-order valence-corrected chi connectivity index (χ4v) is 2.38. The molecule has 3 heterocycles. The van der Waals surface area contributed by atoms with Crippen LogP contribution in [0.3, 0.4) is 0 Å². The Labute approximate surface area is 121 Å². The number of H-pyrrole nitrogens is 1. The fraction of sp³-hybridized carbons (Fsp3) is 0.133. The molecule has 3 aromatic rings. The largest absolute Gasteiger partial charge is 0.341 e. The lowest BCUT2D eigenvalue weighted by Gasteiger charge is -2.04. The molecule has 20 heavy (non-hydrogen) atoms. The Morgan fingerprint density at radius 1 is 1.05 bits per heavy atom. The summed E-state index contributed by atoms with van der Waals surface area (Å²) >= 11 is 1.68. The summed E-state index contributed by atoms with van der Waals surface area (Å²) < 4.78 is 0. The zero-order valence-corrected chi connectivity index (χ0v) is 12.1. The number of hydrogen-bond acceptors (Lipinski definition) is 4. The van der Waals surface area contributed by atoms with E-state index >= 15 is 0 Å². The molecule has 100 valence electrons. The molecule has 3 aromatic heterocycles. The fourth-order valence-electron chi connectivity index (χ4n) is 1.97. The zero-order chi connectivity index (χ0) is 13.9. The number of aromatic amines is 1. The van der Waals surface area contributed by atoms with E-state index in [1.165, 1.54) is 0 Å². The van der Waals surface area contributed by atoms with Gasteiger partial charge in [0.2, 0.25) is 0 Å². The van der Waals surface area contributed by atoms with Gasteiger partial charge in [0.1, 0.15) is 5.69 Å². The molecule has 0 radical (unpaired) electrons. The predicted molar refractivity (Wildman–Crippen MR) is 81.6 cm³/mol. The summed E-state index contributed by atoms with van der Waals surface area (Å²) in [5.41, 5.74) is 4.04. The normalized spacial score (nSPS) is 10.7. The average molecular weight is 282 g/mol. The number of nitrogens with zero attached hydrogens (tertiary/aromatic N) is 3. The van der Waals surface area contributed by atoms with Gasteiger partial charge in [0.25, 0.3) is 0 Å². The topological polar surface area (TPSA) is 54.5 Å². The predicted octanol–water partition coefficient (Wildman–Crippen LogP) is 3.56. The lowest BCUT2D eigenvalue weighted by atomic mass is 10.1. The van der Waals surface area contributed by atoms with Gasteiger partial charge in [0.05, 0.1) is 0 Å². The Hall–Kier alpha value is -2.14. The molecule has 0 saturated heterocycles. The van der Waals surface area contributed by atoms with E-state index in [9.17, 15) is 0 Å². The van der Waals surface area contributed by atoms with Crippen molar-refractivity contribution in [1.29, 1.82) is 0 Å². The van der Waals surface area contributed by atoms with Crippen LogP contribution < -0.4 is 0 Å². The van der Waals surface area contributed by atoms with Crippen LogP contribution in [0.15, 0.2) is 47.9 Å². The first-order chi connectivity index (χ1) is 9.76. The lowest BCUT2D eigenvalue weighted by Crippen LogP contribution is -1.88. The van der Waals surface area contributed by atoms with Crippen LogP contribution in [0.4, 0.5) is 0 Å². The third-order valence-electron chi connectivity index (χ3n) is 2.99. The Kier molecular flexibility index (Phi) is 3.52. The van der Waals surface area contributed by atoms with Crippen molar-refractivity contribution >= 4 is 11.8 Å². The molecule has 0 aliphatic carbocycles. The molecule has 0 aromatic carbocycles. The number of aryl methyl sites for hydroxylation is 1. The zero-order valence-electron chi connectivity index (χ0n) is 11.3. The molecule has 0 unspecified atom stereocenters. The molecule has 0 spiro atoms. The third kappa shape index (κ3) is 2.58. The lowest BCUT2D eigenvalue weighted by molar-refractivity contribution is 1.20. The third-order valence-corrected chi connectivity index (χ3v) is 3.68. The van der Waals surface area contributed by atoms with Crippen molar-refractivity contribution in [3.05, 3.63) is 48.7 Å². The maximum Gasteiger partial charge on any atom is 0.156 e. The van der Waals surface area contributed by atoms with Gasteiger partial charge in [0.15, 0.2) is 5.82 Å². The van der Waals surface area contributed by atoms with Gasteiger partial charge in [-0.1, -0.05) is 0 Å².